The van der Waals surface area contributed by atoms with E-state index < -0.39 is 0 Å². The van der Waals surface area contributed by atoms with Crippen LogP contribution in [0, 0.1) is 0 Å². The third-order valence-electron chi connectivity index (χ3n) is 3.55. The molecule has 0 aliphatic heterocycles. The summed E-state index contributed by atoms with van der Waals surface area (Å²) in [6.45, 7) is 3.54. The zero-order valence-corrected chi connectivity index (χ0v) is 12.4. The average molecular weight is 281 g/mol. The molecule has 0 amide bonds. The highest BCUT2D eigenvalue weighted by Crippen LogP contribution is 2.20. The SMILES string of the molecule is CCc1noc(CN(C)Cc2cccc3ccccc23)n1. The fraction of sp³-hybridized carbons (Fsp3) is 0.294. The number of hydrogen-bond acceptors (Lipinski definition) is 4. The summed E-state index contributed by atoms with van der Waals surface area (Å²) in [6.07, 6.45) is 0.802. The molecular formula is C17H19N3O. The van der Waals surface area contributed by atoms with Gasteiger partial charge in [0.2, 0.25) is 5.89 Å². The van der Waals surface area contributed by atoms with Crippen LogP contribution in [0.25, 0.3) is 10.8 Å². The molecule has 0 fully saturated rings. The van der Waals surface area contributed by atoms with E-state index in [1.165, 1.54) is 16.3 Å². The van der Waals surface area contributed by atoms with Gasteiger partial charge in [-0.15, -0.1) is 0 Å². The number of hydrogen-bond donors (Lipinski definition) is 0. The van der Waals surface area contributed by atoms with Crippen molar-refractivity contribution in [3.05, 3.63) is 59.7 Å². The van der Waals surface area contributed by atoms with Crippen molar-refractivity contribution >= 4 is 10.8 Å². The highest BCUT2D eigenvalue weighted by Gasteiger charge is 2.09. The lowest BCUT2D eigenvalue weighted by molar-refractivity contribution is 0.261. The van der Waals surface area contributed by atoms with Crippen LogP contribution in [-0.2, 0) is 19.5 Å². The zero-order chi connectivity index (χ0) is 14.7. The van der Waals surface area contributed by atoms with Crippen molar-refractivity contribution < 1.29 is 4.52 Å². The maximum absolute atomic E-state index is 5.25. The van der Waals surface area contributed by atoms with E-state index in [1.54, 1.807) is 0 Å². The molecule has 3 rings (SSSR count). The van der Waals surface area contributed by atoms with E-state index in [1.807, 2.05) is 6.92 Å². The first-order chi connectivity index (χ1) is 10.3. The summed E-state index contributed by atoms with van der Waals surface area (Å²) >= 11 is 0. The Hall–Kier alpha value is -2.20. The Morgan fingerprint density at radius 2 is 1.86 bits per heavy atom. The Bertz CT molecular complexity index is 730. The second kappa shape index (κ2) is 6.06. The Morgan fingerprint density at radius 3 is 2.67 bits per heavy atom. The molecule has 0 saturated carbocycles. The van der Waals surface area contributed by atoms with Gasteiger partial charge in [0.1, 0.15) is 0 Å². The van der Waals surface area contributed by atoms with Gasteiger partial charge in [-0.05, 0) is 23.4 Å². The summed E-state index contributed by atoms with van der Waals surface area (Å²) < 4.78 is 5.25. The van der Waals surface area contributed by atoms with Crippen LogP contribution in [0.5, 0.6) is 0 Å². The molecule has 0 bridgehead atoms. The maximum Gasteiger partial charge on any atom is 0.240 e. The second-order valence-corrected chi connectivity index (χ2v) is 5.27. The van der Waals surface area contributed by atoms with Gasteiger partial charge in [-0.25, -0.2) is 0 Å². The van der Waals surface area contributed by atoms with Crippen LogP contribution in [-0.4, -0.2) is 22.1 Å². The zero-order valence-electron chi connectivity index (χ0n) is 12.4. The number of nitrogens with zero attached hydrogens (tertiary/aromatic N) is 3. The Kier molecular flexibility index (Phi) is 3.97. The quantitative estimate of drug-likeness (QED) is 0.718. The molecular weight excluding hydrogens is 262 g/mol. The third-order valence-corrected chi connectivity index (χ3v) is 3.55. The summed E-state index contributed by atoms with van der Waals surface area (Å²) in [5.41, 5.74) is 1.31. The average Bonchev–Trinajstić information content (AvgIpc) is 2.95. The van der Waals surface area contributed by atoms with Gasteiger partial charge in [0.25, 0.3) is 0 Å². The van der Waals surface area contributed by atoms with Crippen LogP contribution < -0.4 is 0 Å². The van der Waals surface area contributed by atoms with E-state index in [0.717, 1.165) is 18.8 Å². The molecule has 3 aromatic rings. The van der Waals surface area contributed by atoms with Crippen LogP contribution in [0.15, 0.2) is 47.0 Å². The molecule has 4 heteroatoms. The lowest BCUT2D eigenvalue weighted by atomic mass is 10.0. The molecule has 0 unspecified atom stereocenters. The molecule has 1 aromatic heterocycles. The van der Waals surface area contributed by atoms with E-state index in [-0.39, 0.29) is 0 Å². The first-order valence-electron chi connectivity index (χ1n) is 7.23. The first kappa shape index (κ1) is 13.8. The molecule has 4 nitrogen and oxygen atoms in total. The van der Waals surface area contributed by atoms with Gasteiger partial charge in [-0.3, -0.25) is 4.90 Å². The molecule has 1 heterocycles. The van der Waals surface area contributed by atoms with E-state index in [9.17, 15) is 0 Å². The van der Waals surface area contributed by atoms with Crippen molar-refractivity contribution in [2.75, 3.05) is 7.05 Å². The summed E-state index contributed by atoms with van der Waals surface area (Å²) in [4.78, 5) is 6.54. The first-order valence-corrected chi connectivity index (χ1v) is 7.23. The number of aryl methyl sites for hydroxylation is 1. The standard InChI is InChI=1S/C17H19N3O/c1-3-16-18-17(21-19-16)12-20(2)11-14-9-6-8-13-7-4-5-10-15(13)14/h4-10H,3,11-12H2,1-2H3. The van der Waals surface area contributed by atoms with Crippen molar-refractivity contribution in [2.45, 2.75) is 26.4 Å². The van der Waals surface area contributed by atoms with Crippen molar-refractivity contribution in [3.8, 4) is 0 Å². The maximum atomic E-state index is 5.25. The van der Waals surface area contributed by atoms with Gasteiger partial charge in [-0.1, -0.05) is 54.5 Å². The number of benzene rings is 2. The minimum absolute atomic E-state index is 0.663. The summed E-state index contributed by atoms with van der Waals surface area (Å²) in [7, 11) is 2.07. The second-order valence-electron chi connectivity index (χ2n) is 5.27. The van der Waals surface area contributed by atoms with Gasteiger partial charge in [-0.2, -0.15) is 4.98 Å². The van der Waals surface area contributed by atoms with Crippen LogP contribution in [0.4, 0.5) is 0 Å². The fourth-order valence-corrected chi connectivity index (χ4v) is 2.51. The molecule has 0 aliphatic carbocycles. The van der Waals surface area contributed by atoms with Crippen molar-refractivity contribution in [2.24, 2.45) is 0 Å². The predicted octanol–water partition coefficient (Wildman–Crippen LogP) is 3.42. The van der Waals surface area contributed by atoms with Gasteiger partial charge >= 0.3 is 0 Å². The Morgan fingerprint density at radius 1 is 1.05 bits per heavy atom. The smallest absolute Gasteiger partial charge is 0.240 e. The third kappa shape index (κ3) is 3.11. The Labute approximate surface area is 124 Å². The number of aromatic nitrogens is 2. The van der Waals surface area contributed by atoms with E-state index in [4.69, 9.17) is 4.52 Å². The number of rotatable bonds is 5. The molecule has 0 spiro atoms. The lowest BCUT2D eigenvalue weighted by Gasteiger charge is -2.15. The lowest BCUT2D eigenvalue weighted by Crippen LogP contribution is -2.17. The summed E-state index contributed by atoms with van der Waals surface area (Å²) in [5.74, 6) is 1.44. The Balaban J connectivity index is 1.75. The topological polar surface area (TPSA) is 42.2 Å². The van der Waals surface area contributed by atoms with Gasteiger partial charge in [0.15, 0.2) is 5.82 Å². The summed E-state index contributed by atoms with van der Waals surface area (Å²) in [5, 5.41) is 6.50. The predicted molar refractivity (Wildman–Crippen MR) is 82.8 cm³/mol. The molecule has 2 aromatic carbocycles. The van der Waals surface area contributed by atoms with Crippen molar-refractivity contribution in [1.29, 1.82) is 0 Å². The molecule has 0 N–H and O–H groups in total. The van der Waals surface area contributed by atoms with Crippen LogP contribution in [0.2, 0.25) is 0 Å². The van der Waals surface area contributed by atoms with Crippen LogP contribution in [0.3, 0.4) is 0 Å². The van der Waals surface area contributed by atoms with Crippen LogP contribution in [0.1, 0.15) is 24.2 Å². The molecule has 0 radical (unpaired) electrons. The fourth-order valence-electron chi connectivity index (χ4n) is 2.51. The normalized spacial score (nSPS) is 11.4. The van der Waals surface area contributed by atoms with Gasteiger partial charge in [0, 0.05) is 13.0 Å². The molecule has 108 valence electrons. The molecule has 21 heavy (non-hydrogen) atoms. The number of fused-ring (bicyclic) bond motifs is 1. The van der Waals surface area contributed by atoms with E-state index in [2.05, 4.69) is 64.6 Å². The van der Waals surface area contributed by atoms with Crippen molar-refractivity contribution in [1.82, 2.24) is 15.0 Å². The van der Waals surface area contributed by atoms with Crippen LogP contribution >= 0.6 is 0 Å². The molecule has 0 saturated heterocycles. The molecule has 0 atom stereocenters. The highest BCUT2D eigenvalue weighted by atomic mass is 16.5. The van der Waals surface area contributed by atoms with E-state index in [0.29, 0.717) is 12.4 Å². The van der Waals surface area contributed by atoms with Gasteiger partial charge in [0.05, 0.1) is 6.54 Å². The van der Waals surface area contributed by atoms with Gasteiger partial charge < -0.3 is 4.52 Å². The van der Waals surface area contributed by atoms with Crippen molar-refractivity contribution in [3.63, 3.8) is 0 Å². The minimum atomic E-state index is 0.663. The highest BCUT2D eigenvalue weighted by molar-refractivity contribution is 5.85. The molecule has 0 aliphatic rings. The monoisotopic (exact) mass is 281 g/mol. The summed E-state index contributed by atoms with van der Waals surface area (Å²) in [6, 6.07) is 14.9. The van der Waals surface area contributed by atoms with E-state index >= 15 is 0 Å². The minimum Gasteiger partial charge on any atom is -0.338 e. The largest absolute Gasteiger partial charge is 0.338 e.